The molecule has 0 aromatic heterocycles. The van der Waals surface area contributed by atoms with Gasteiger partial charge in [-0.1, -0.05) is 103 Å². The first-order valence-electron chi connectivity index (χ1n) is 12.6. The van der Waals surface area contributed by atoms with Crippen molar-refractivity contribution in [2.45, 2.75) is 6.42 Å². The average Bonchev–Trinajstić information content (AvgIpc) is 2.98. The molecule has 0 bridgehead atoms. The Balaban J connectivity index is 1.43. The Bertz CT molecular complexity index is 1590. The maximum atomic E-state index is 9.29. The molecule has 176 valence electrons. The summed E-state index contributed by atoms with van der Waals surface area (Å²) in [7, 11) is 0. The van der Waals surface area contributed by atoms with Crippen LogP contribution < -0.4 is 4.90 Å². The van der Waals surface area contributed by atoms with E-state index in [-0.39, 0.29) is 5.92 Å². The monoisotopic (exact) mass is 474 g/mol. The Hall–Kier alpha value is -4.87. The van der Waals surface area contributed by atoms with Gasteiger partial charge in [-0.3, -0.25) is 0 Å². The molecule has 6 rings (SSSR count). The lowest BCUT2D eigenvalue weighted by molar-refractivity contribution is 0.841. The highest BCUT2D eigenvalue weighted by molar-refractivity contribution is 6.05. The van der Waals surface area contributed by atoms with Gasteiger partial charge in [0.05, 0.1) is 12.0 Å². The normalized spacial score (nSPS) is 14.7. The van der Waals surface area contributed by atoms with Crippen LogP contribution in [-0.2, 0) is 0 Å². The molecule has 5 aromatic rings. The first kappa shape index (κ1) is 22.6. The molecule has 1 aliphatic rings. The lowest BCUT2D eigenvalue weighted by Gasteiger charge is -2.25. The summed E-state index contributed by atoms with van der Waals surface area (Å²) in [4.78, 5) is 2.28. The Morgan fingerprint density at radius 2 is 1.22 bits per heavy atom. The predicted octanol–water partition coefficient (Wildman–Crippen LogP) is 9.46. The van der Waals surface area contributed by atoms with Crippen molar-refractivity contribution in [1.82, 2.24) is 0 Å². The second-order valence-electron chi connectivity index (χ2n) is 9.25. The lowest BCUT2D eigenvalue weighted by atomic mass is 9.88. The van der Waals surface area contributed by atoms with Crippen LogP contribution in [0.5, 0.6) is 0 Å². The van der Waals surface area contributed by atoms with E-state index in [2.05, 4.69) is 132 Å². The third-order valence-electron chi connectivity index (χ3n) is 6.95. The molecule has 0 fully saturated rings. The third kappa shape index (κ3) is 4.44. The van der Waals surface area contributed by atoms with E-state index < -0.39 is 0 Å². The van der Waals surface area contributed by atoms with Crippen LogP contribution in [0.15, 0.2) is 140 Å². The average molecular weight is 475 g/mol. The minimum Gasteiger partial charge on any atom is -0.311 e. The van der Waals surface area contributed by atoms with Crippen LogP contribution in [0.1, 0.15) is 12.0 Å². The van der Waals surface area contributed by atoms with Crippen LogP contribution in [0, 0.1) is 17.2 Å². The van der Waals surface area contributed by atoms with Gasteiger partial charge in [-0.25, -0.2) is 0 Å². The summed E-state index contributed by atoms with van der Waals surface area (Å²) in [5.74, 6) is -0.0390. The maximum absolute atomic E-state index is 9.29. The molecule has 0 aliphatic heterocycles. The van der Waals surface area contributed by atoms with E-state index >= 15 is 0 Å². The Morgan fingerprint density at radius 3 is 1.78 bits per heavy atom. The van der Waals surface area contributed by atoms with E-state index in [1.807, 2.05) is 18.2 Å². The number of hydrogen-bond donors (Lipinski definition) is 0. The number of allylic oxidation sites excluding steroid dienone is 4. The summed E-state index contributed by atoms with van der Waals surface area (Å²) >= 11 is 0. The topological polar surface area (TPSA) is 27.0 Å². The molecule has 0 heterocycles. The summed E-state index contributed by atoms with van der Waals surface area (Å²) in [5, 5.41) is 11.7. The van der Waals surface area contributed by atoms with Crippen LogP contribution >= 0.6 is 0 Å². The van der Waals surface area contributed by atoms with Crippen molar-refractivity contribution in [3.05, 3.63) is 145 Å². The van der Waals surface area contributed by atoms with Crippen LogP contribution in [0.2, 0.25) is 0 Å². The number of fused-ring (bicyclic) bond motifs is 1. The van der Waals surface area contributed by atoms with Crippen molar-refractivity contribution in [1.29, 1.82) is 5.26 Å². The highest BCUT2D eigenvalue weighted by atomic mass is 15.1. The number of nitrogens with zero attached hydrogens (tertiary/aromatic N) is 2. The molecule has 0 spiro atoms. The minimum atomic E-state index is -0.0390. The van der Waals surface area contributed by atoms with Crippen molar-refractivity contribution in [2.24, 2.45) is 5.92 Å². The molecule has 0 saturated heterocycles. The fraction of sp³-hybridized carbons (Fsp3) is 0.0571. The first-order chi connectivity index (χ1) is 18.3. The van der Waals surface area contributed by atoms with Gasteiger partial charge in [0.1, 0.15) is 0 Å². The Labute approximate surface area is 218 Å². The molecule has 5 aromatic carbocycles. The van der Waals surface area contributed by atoms with Gasteiger partial charge in [0.15, 0.2) is 0 Å². The van der Waals surface area contributed by atoms with Gasteiger partial charge in [0.25, 0.3) is 0 Å². The largest absolute Gasteiger partial charge is 0.311 e. The standard InChI is InChI=1S/C35H26N2/c36-25-26-17-19-27(20-18-26)33-15-7-9-29-10-8-16-34(35(29)33)28-21-23-32(24-22-28)37(30-11-3-1-4-12-30)31-13-5-2-6-14-31/h1-17,19-24,26H,18H2. The fourth-order valence-corrected chi connectivity index (χ4v) is 5.13. The quantitative estimate of drug-likeness (QED) is 0.254. The van der Waals surface area contributed by atoms with Crippen molar-refractivity contribution in [2.75, 3.05) is 4.90 Å². The van der Waals surface area contributed by atoms with Crippen molar-refractivity contribution < 1.29 is 0 Å². The zero-order valence-corrected chi connectivity index (χ0v) is 20.5. The van der Waals surface area contributed by atoms with Gasteiger partial charge in [-0.05, 0) is 75.9 Å². The Morgan fingerprint density at radius 1 is 0.622 bits per heavy atom. The van der Waals surface area contributed by atoms with E-state index in [1.165, 1.54) is 33.0 Å². The molecule has 1 atom stereocenters. The fourth-order valence-electron chi connectivity index (χ4n) is 5.13. The second-order valence-corrected chi connectivity index (χ2v) is 9.25. The zero-order chi connectivity index (χ0) is 25.0. The summed E-state index contributed by atoms with van der Waals surface area (Å²) in [5.41, 5.74) is 8.14. The van der Waals surface area contributed by atoms with Gasteiger partial charge in [0.2, 0.25) is 0 Å². The Kier molecular flexibility index (Phi) is 6.11. The van der Waals surface area contributed by atoms with Crippen molar-refractivity contribution in [3.63, 3.8) is 0 Å². The summed E-state index contributed by atoms with van der Waals surface area (Å²) in [6.07, 6.45) is 7.07. The van der Waals surface area contributed by atoms with Crippen LogP contribution in [-0.4, -0.2) is 0 Å². The molecule has 1 unspecified atom stereocenters. The molecule has 1 aliphatic carbocycles. The van der Waals surface area contributed by atoms with E-state index in [9.17, 15) is 5.26 Å². The van der Waals surface area contributed by atoms with Gasteiger partial charge in [-0.15, -0.1) is 0 Å². The molecular formula is C35H26N2. The van der Waals surface area contributed by atoms with E-state index in [0.717, 1.165) is 23.5 Å². The predicted molar refractivity (Wildman–Crippen MR) is 155 cm³/mol. The van der Waals surface area contributed by atoms with E-state index in [1.54, 1.807) is 0 Å². The molecule has 37 heavy (non-hydrogen) atoms. The number of hydrogen-bond acceptors (Lipinski definition) is 2. The van der Waals surface area contributed by atoms with Gasteiger partial charge < -0.3 is 4.90 Å². The smallest absolute Gasteiger partial charge is 0.0700 e. The first-order valence-corrected chi connectivity index (χ1v) is 12.6. The van der Waals surface area contributed by atoms with Crippen LogP contribution in [0.25, 0.3) is 27.5 Å². The minimum absolute atomic E-state index is 0.0390. The summed E-state index contributed by atoms with van der Waals surface area (Å²) in [6, 6.07) is 45.1. The molecule has 0 N–H and O–H groups in total. The SMILES string of the molecule is N#CC1C=CC(c2cccc3cccc(-c4ccc(N(c5ccccc5)c5ccccc5)cc4)c23)=CC1. The summed E-state index contributed by atoms with van der Waals surface area (Å²) in [6.45, 7) is 0. The van der Waals surface area contributed by atoms with Gasteiger partial charge in [-0.2, -0.15) is 5.26 Å². The molecule has 0 amide bonds. The third-order valence-corrected chi connectivity index (χ3v) is 6.95. The summed E-state index contributed by atoms with van der Waals surface area (Å²) < 4.78 is 0. The number of rotatable bonds is 5. The highest BCUT2D eigenvalue weighted by Gasteiger charge is 2.15. The highest BCUT2D eigenvalue weighted by Crippen LogP contribution is 2.39. The molecule has 2 heteroatoms. The number of para-hydroxylation sites is 2. The molecular weight excluding hydrogens is 448 g/mol. The van der Waals surface area contributed by atoms with Gasteiger partial charge in [0, 0.05) is 17.1 Å². The van der Waals surface area contributed by atoms with Crippen LogP contribution in [0.3, 0.4) is 0 Å². The lowest BCUT2D eigenvalue weighted by Crippen LogP contribution is -2.09. The van der Waals surface area contributed by atoms with Crippen molar-refractivity contribution in [3.8, 4) is 17.2 Å². The maximum Gasteiger partial charge on any atom is 0.0700 e. The second kappa shape index (κ2) is 10.0. The molecule has 0 radical (unpaired) electrons. The number of anilines is 3. The van der Waals surface area contributed by atoms with Crippen LogP contribution in [0.4, 0.5) is 17.1 Å². The number of nitriles is 1. The van der Waals surface area contributed by atoms with E-state index in [0.29, 0.717) is 0 Å². The van der Waals surface area contributed by atoms with Gasteiger partial charge >= 0.3 is 0 Å². The van der Waals surface area contributed by atoms with E-state index in [4.69, 9.17) is 0 Å². The zero-order valence-electron chi connectivity index (χ0n) is 20.5. The molecule has 2 nitrogen and oxygen atoms in total. The van der Waals surface area contributed by atoms with Crippen molar-refractivity contribution >= 4 is 33.4 Å². The number of benzene rings is 5. The molecule has 0 saturated carbocycles.